The van der Waals surface area contributed by atoms with Crippen molar-refractivity contribution in [3.63, 3.8) is 0 Å². The number of nitrogens with two attached hydrogens (primary N) is 1. The van der Waals surface area contributed by atoms with E-state index in [-0.39, 0.29) is 0 Å². The molecule has 0 unspecified atom stereocenters. The summed E-state index contributed by atoms with van der Waals surface area (Å²) in [5, 5.41) is 4.30. The summed E-state index contributed by atoms with van der Waals surface area (Å²) in [6.07, 6.45) is 1.90. The van der Waals surface area contributed by atoms with Gasteiger partial charge in [-0.25, -0.2) is 4.68 Å². The van der Waals surface area contributed by atoms with Crippen LogP contribution in [0.3, 0.4) is 0 Å². The van der Waals surface area contributed by atoms with Crippen molar-refractivity contribution < 1.29 is 0 Å². The number of hydrogen-bond acceptors (Lipinski definition) is 2. The zero-order valence-electron chi connectivity index (χ0n) is 7.74. The zero-order valence-corrected chi connectivity index (χ0v) is 9.32. The first kappa shape index (κ1) is 9.27. The van der Waals surface area contributed by atoms with Gasteiger partial charge >= 0.3 is 0 Å². The van der Waals surface area contributed by atoms with Gasteiger partial charge in [0.05, 0.1) is 17.1 Å². The number of halogens is 1. The molecule has 2 rings (SSSR count). The van der Waals surface area contributed by atoms with Gasteiger partial charge < -0.3 is 5.73 Å². The minimum atomic E-state index is 0.719. The minimum absolute atomic E-state index is 0.719. The molecule has 3 nitrogen and oxygen atoms in total. The van der Waals surface area contributed by atoms with E-state index in [0.717, 1.165) is 21.5 Å². The van der Waals surface area contributed by atoms with Crippen molar-refractivity contribution in [2.24, 2.45) is 0 Å². The molecule has 0 amide bonds. The number of hydrogen-bond donors (Lipinski definition) is 1. The summed E-state index contributed by atoms with van der Waals surface area (Å²) in [6, 6.07) is 7.66. The second kappa shape index (κ2) is 3.46. The average molecular weight is 252 g/mol. The predicted molar refractivity (Wildman–Crippen MR) is 60.4 cm³/mol. The van der Waals surface area contributed by atoms with Crippen LogP contribution in [0, 0.1) is 6.92 Å². The van der Waals surface area contributed by atoms with Gasteiger partial charge in [0.1, 0.15) is 0 Å². The monoisotopic (exact) mass is 251 g/mol. The van der Waals surface area contributed by atoms with Crippen molar-refractivity contribution in [1.29, 1.82) is 0 Å². The molecule has 0 bridgehead atoms. The number of anilines is 1. The quantitative estimate of drug-likeness (QED) is 0.792. The maximum Gasteiger partial charge on any atom is 0.0886 e. The van der Waals surface area contributed by atoms with E-state index >= 15 is 0 Å². The van der Waals surface area contributed by atoms with Crippen molar-refractivity contribution in [3.8, 4) is 5.69 Å². The van der Waals surface area contributed by atoms with Gasteiger partial charge in [0.25, 0.3) is 0 Å². The number of nitrogen functional groups attached to an aromatic ring is 1. The zero-order chi connectivity index (χ0) is 10.1. The molecule has 0 aliphatic carbocycles. The van der Waals surface area contributed by atoms with E-state index in [9.17, 15) is 0 Å². The fraction of sp³-hybridized carbons (Fsp3) is 0.100. The Hall–Kier alpha value is -1.29. The smallest absolute Gasteiger partial charge is 0.0886 e. The molecule has 2 aromatic rings. The average Bonchev–Trinajstić information content (AvgIpc) is 2.56. The van der Waals surface area contributed by atoms with Gasteiger partial charge in [-0.3, -0.25) is 0 Å². The van der Waals surface area contributed by atoms with Crippen molar-refractivity contribution in [2.75, 3.05) is 5.73 Å². The van der Waals surface area contributed by atoms with Crippen LogP contribution in [0.15, 0.2) is 34.9 Å². The number of nitrogens with zero attached hydrogens (tertiary/aromatic N) is 2. The molecule has 14 heavy (non-hydrogen) atoms. The summed E-state index contributed by atoms with van der Waals surface area (Å²) < 4.78 is 2.77. The third-order valence-electron chi connectivity index (χ3n) is 1.96. The first-order chi connectivity index (χ1) is 6.66. The van der Waals surface area contributed by atoms with Crippen molar-refractivity contribution in [2.45, 2.75) is 6.92 Å². The Kier molecular flexibility index (Phi) is 2.29. The van der Waals surface area contributed by atoms with E-state index < -0.39 is 0 Å². The standard InChI is InChI=1S/C10H10BrN3/c1-7-4-5-14(13-7)10-6-8(11)2-3-9(10)12/h2-6H,12H2,1H3. The molecular weight excluding hydrogens is 242 g/mol. The van der Waals surface area contributed by atoms with E-state index in [1.54, 1.807) is 4.68 Å². The molecule has 0 aliphatic heterocycles. The fourth-order valence-corrected chi connectivity index (χ4v) is 1.61. The van der Waals surface area contributed by atoms with Crippen LogP contribution in [0.5, 0.6) is 0 Å². The van der Waals surface area contributed by atoms with Crippen LogP contribution < -0.4 is 5.73 Å². The van der Waals surface area contributed by atoms with Crippen molar-refractivity contribution in [3.05, 3.63) is 40.6 Å². The van der Waals surface area contributed by atoms with Crippen molar-refractivity contribution in [1.82, 2.24) is 9.78 Å². The maximum atomic E-state index is 5.85. The Morgan fingerprint density at radius 2 is 2.14 bits per heavy atom. The van der Waals surface area contributed by atoms with Gasteiger partial charge in [-0.1, -0.05) is 15.9 Å². The van der Waals surface area contributed by atoms with Gasteiger partial charge in [-0.05, 0) is 31.2 Å². The highest BCUT2D eigenvalue weighted by Gasteiger charge is 2.03. The molecule has 1 heterocycles. The Bertz CT molecular complexity index is 462. The number of aromatic nitrogens is 2. The van der Waals surface area contributed by atoms with Crippen LogP contribution in [-0.4, -0.2) is 9.78 Å². The predicted octanol–water partition coefficient (Wildman–Crippen LogP) is 2.53. The Labute approximate surface area is 90.7 Å². The van der Waals surface area contributed by atoms with Gasteiger partial charge in [-0.2, -0.15) is 5.10 Å². The molecule has 1 aromatic carbocycles. The number of aryl methyl sites for hydroxylation is 1. The molecule has 2 N–H and O–H groups in total. The third-order valence-corrected chi connectivity index (χ3v) is 2.45. The van der Waals surface area contributed by atoms with E-state index in [1.165, 1.54) is 0 Å². The largest absolute Gasteiger partial charge is 0.397 e. The minimum Gasteiger partial charge on any atom is -0.397 e. The van der Waals surface area contributed by atoms with Gasteiger partial charge in [-0.15, -0.1) is 0 Å². The van der Waals surface area contributed by atoms with Crippen LogP contribution in [0.4, 0.5) is 5.69 Å². The topological polar surface area (TPSA) is 43.8 Å². The van der Waals surface area contributed by atoms with Crippen molar-refractivity contribution >= 4 is 21.6 Å². The van der Waals surface area contributed by atoms with Crippen LogP contribution in [0.1, 0.15) is 5.69 Å². The highest BCUT2D eigenvalue weighted by molar-refractivity contribution is 9.10. The SMILES string of the molecule is Cc1ccn(-c2cc(Br)ccc2N)n1. The second-order valence-electron chi connectivity index (χ2n) is 3.10. The third kappa shape index (κ3) is 1.65. The summed E-state index contributed by atoms with van der Waals surface area (Å²) in [7, 11) is 0. The van der Waals surface area contributed by atoms with E-state index in [2.05, 4.69) is 21.0 Å². The summed E-state index contributed by atoms with van der Waals surface area (Å²) in [6.45, 7) is 1.95. The van der Waals surface area contributed by atoms with E-state index in [4.69, 9.17) is 5.73 Å². The van der Waals surface area contributed by atoms with Gasteiger partial charge in [0, 0.05) is 10.7 Å². The number of benzene rings is 1. The lowest BCUT2D eigenvalue weighted by Gasteiger charge is -2.05. The fourth-order valence-electron chi connectivity index (χ4n) is 1.26. The second-order valence-corrected chi connectivity index (χ2v) is 4.02. The molecule has 0 fully saturated rings. The summed E-state index contributed by atoms with van der Waals surface area (Å²) >= 11 is 3.40. The molecule has 4 heteroatoms. The molecule has 0 aliphatic rings. The summed E-state index contributed by atoms with van der Waals surface area (Å²) in [5.74, 6) is 0. The summed E-state index contributed by atoms with van der Waals surface area (Å²) in [4.78, 5) is 0. The van der Waals surface area contributed by atoms with Gasteiger partial charge in [0.15, 0.2) is 0 Å². The van der Waals surface area contributed by atoms with Crippen LogP contribution in [-0.2, 0) is 0 Å². The lowest BCUT2D eigenvalue weighted by Crippen LogP contribution is -2.00. The van der Waals surface area contributed by atoms with Crippen LogP contribution in [0.2, 0.25) is 0 Å². The molecule has 1 aromatic heterocycles. The highest BCUT2D eigenvalue weighted by atomic mass is 79.9. The molecule has 0 saturated carbocycles. The Balaban J connectivity index is 2.55. The molecule has 0 spiro atoms. The Morgan fingerprint density at radius 1 is 1.36 bits per heavy atom. The lowest BCUT2D eigenvalue weighted by atomic mass is 10.3. The Morgan fingerprint density at radius 3 is 2.79 bits per heavy atom. The summed E-state index contributed by atoms with van der Waals surface area (Å²) in [5.41, 5.74) is 8.44. The molecular formula is C10H10BrN3. The van der Waals surface area contributed by atoms with Crippen LogP contribution in [0.25, 0.3) is 5.69 Å². The maximum absolute atomic E-state index is 5.85. The lowest BCUT2D eigenvalue weighted by molar-refractivity contribution is 0.864. The molecule has 0 saturated heterocycles. The number of rotatable bonds is 1. The first-order valence-electron chi connectivity index (χ1n) is 4.24. The normalized spacial score (nSPS) is 10.4. The van der Waals surface area contributed by atoms with Crippen LogP contribution >= 0.6 is 15.9 Å². The van der Waals surface area contributed by atoms with Gasteiger partial charge in [0.2, 0.25) is 0 Å². The molecule has 0 atom stereocenters. The molecule has 72 valence electrons. The highest BCUT2D eigenvalue weighted by Crippen LogP contribution is 2.21. The first-order valence-corrected chi connectivity index (χ1v) is 5.04. The van der Waals surface area contributed by atoms with E-state index in [0.29, 0.717) is 0 Å². The molecule has 0 radical (unpaired) electrons. The van der Waals surface area contributed by atoms with E-state index in [1.807, 2.05) is 37.4 Å².